The number of nitriles is 1. The van der Waals surface area contributed by atoms with Crippen molar-refractivity contribution in [3.05, 3.63) is 103 Å². The molecule has 0 saturated carbocycles. The summed E-state index contributed by atoms with van der Waals surface area (Å²) in [4.78, 5) is 0. The molecule has 7 rings (SSSR count). The van der Waals surface area contributed by atoms with Crippen molar-refractivity contribution in [1.29, 1.82) is 5.26 Å². The normalized spacial score (nSPS) is 12.4. The fourth-order valence-electron chi connectivity index (χ4n) is 5.67. The van der Waals surface area contributed by atoms with Gasteiger partial charge in [0.2, 0.25) is 6.71 Å². The highest BCUT2D eigenvalue weighted by atomic mass is 14.3. The third kappa shape index (κ3) is 2.10. The van der Waals surface area contributed by atoms with Crippen LogP contribution in [0.5, 0.6) is 0 Å². The molecule has 1 aliphatic heterocycles. The molecule has 0 fully saturated rings. The lowest BCUT2D eigenvalue weighted by Gasteiger charge is -2.16. The minimum Gasteiger partial charge on any atom is -0.192 e. The minimum absolute atomic E-state index is 0.240. The third-order valence-corrected chi connectivity index (χ3v) is 6.92. The van der Waals surface area contributed by atoms with Crippen LogP contribution in [-0.4, -0.2) is 6.71 Å². The lowest BCUT2D eigenvalue weighted by Crippen LogP contribution is -2.48. The summed E-state index contributed by atoms with van der Waals surface area (Å²) in [5, 5.41) is 16.9. The predicted octanol–water partition coefficient (Wildman–Crippen LogP) is 4.95. The second-order valence-electron chi connectivity index (χ2n) is 8.42. The van der Waals surface area contributed by atoms with E-state index in [2.05, 4.69) is 97.1 Å². The molecule has 1 aliphatic rings. The van der Waals surface area contributed by atoms with E-state index < -0.39 is 0 Å². The lowest BCUT2D eigenvalue weighted by molar-refractivity contribution is 1.51. The molecular formula is C29H16BN. The summed E-state index contributed by atoms with van der Waals surface area (Å²) in [6.07, 6.45) is 0. The Morgan fingerprint density at radius 1 is 0.613 bits per heavy atom. The Hall–Kier alpha value is -4.09. The highest BCUT2D eigenvalue weighted by molar-refractivity contribution is 6.99. The Bertz CT molecular complexity index is 1690. The van der Waals surface area contributed by atoms with Gasteiger partial charge < -0.3 is 0 Å². The van der Waals surface area contributed by atoms with E-state index >= 15 is 0 Å². The van der Waals surface area contributed by atoms with Crippen LogP contribution in [0.2, 0.25) is 0 Å². The molecule has 6 aromatic rings. The first-order valence-corrected chi connectivity index (χ1v) is 10.6. The minimum atomic E-state index is 0.240. The van der Waals surface area contributed by atoms with Gasteiger partial charge in [-0.05, 0) is 44.1 Å². The molecular weight excluding hydrogens is 373 g/mol. The molecule has 0 amide bonds. The Balaban J connectivity index is 1.68. The fraction of sp³-hybridized carbons (Fsp3) is 0. The average Bonchev–Trinajstić information content (AvgIpc) is 3.16. The van der Waals surface area contributed by atoms with E-state index in [1.165, 1.54) is 54.4 Å². The van der Waals surface area contributed by atoms with Crippen molar-refractivity contribution in [3.8, 4) is 17.2 Å². The predicted molar refractivity (Wildman–Crippen MR) is 131 cm³/mol. The average molecular weight is 389 g/mol. The first-order valence-electron chi connectivity index (χ1n) is 10.6. The van der Waals surface area contributed by atoms with Crippen LogP contribution in [0.4, 0.5) is 0 Å². The van der Waals surface area contributed by atoms with Crippen LogP contribution in [0.1, 0.15) is 5.56 Å². The van der Waals surface area contributed by atoms with Gasteiger partial charge in [0.25, 0.3) is 0 Å². The zero-order chi connectivity index (χ0) is 20.5. The summed E-state index contributed by atoms with van der Waals surface area (Å²) >= 11 is 0. The number of nitrogens with zero attached hydrogens (tertiary/aromatic N) is 1. The van der Waals surface area contributed by atoms with Crippen molar-refractivity contribution in [2.24, 2.45) is 0 Å². The molecule has 0 spiro atoms. The van der Waals surface area contributed by atoms with E-state index in [1.807, 2.05) is 6.07 Å². The van der Waals surface area contributed by atoms with Crippen LogP contribution in [0, 0.1) is 11.3 Å². The van der Waals surface area contributed by atoms with Gasteiger partial charge in [0.15, 0.2) is 0 Å². The van der Waals surface area contributed by atoms with Gasteiger partial charge in [0.05, 0.1) is 11.6 Å². The third-order valence-electron chi connectivity index (χ3n) is 6.92. The largest absolute Gasteiger partial charge is 0.242 e. The van der Waals surface area contributed by atoms with Crippen molar-refractivity contribution in [2.45, 2.75) is 0 Å². The molecule has 0 unspecified atom stereocenters. The second kappa shape index (κ2) is 5.97. The number of fused-ring (bicyclic) bond motifs is 4. The summed E-state index contributed by atoms with van der Waals surface area (Å²) < 4.78 is 0. The Morgan fingerprint density at radius 3 is 2.19 bits per heavy atom. The zero-order valence-electron chi connectivity index (χ0n) is 16.8. The zero-order valence-corrected chi connectivity index (χ0v) is 16.8. The van der Waals surface area contributed by atoms with Gasteiger partial charge in [0.1, 0.15) is 0 Å². The summed E-state index contributed by atoms with van der Waals surface area (Å²) in [5.74, 6) is 0. The van der Waals surface area contributed by atoms with E-state index in [1.54, 1.807) is 0 Å². The molecule has 0 atom stereocenters. The molecule has 2 heteroatoms. The molecule has 1 nitrogen and oxygen atoms in total. The smallest absolute Gasteiger partial charge is 0.192 e. The maximum atomic E-state index is 9.66. The second-order valence-corrected chi connectivity index (χ2v) is 8.42. The van der Waals surface area contributed by atoms with E-state index in [-0.39, 0.29) is 6.71 Å². The molecule has 6 aromatic carbocycles. The van der Waals surface area contributed by atoms with Crippen molar-refractivity contribution in [3.63, 3.8) is 0 Å². The highest BCUT2D eigenvalue weighted by Gasteiger charge is 2.34. The van der Waals surface area contributed by atoms with Gasteiger partial charge >= 0.3 is 0 Å². The van der Waals surface area contributed by atoms with Gasteiger partial charge in [-0.1, -0.05) is 107 Å². The van der Waals surface area contributed by atoms with Gasteiger partial charge in [0, 0.05) is 5.39 Å². The Morgan fingerprint density at radius 2 is 1.32 bits per heavy atom. The molecule has 0 aromatic heterocycles. The van der Waals surface area contributed by atoms with E-state index in [4.69, 9.17) is 0 Å². The van der Waals surface area contributed by atoms with Crippen molar-refractivity contribution in [1.82, 2.24) is 0 Å². The van der Waals surface area contributed by atoms with Crippen molar-refractivity contribution >= 4 is 55.4 Å². The highest BCUT2D eigenvalue weighted by Crippen LogP contribution is 2.40. The molecule has 0 aliphatic carbocycles. The summed E-state index contributed by atoms with van der Waals surface area (Å²) in [6, 6.07) is 37.2. The number of hydrogen-bond acceptors (Lipinski definition) is 1. The summed E-state index contributed by atoms with van der Waals surface area (Å²) in [6.45, 7) is 0.240. The van der Waals surface area contributed by atoms with E-state index in [9.17, 15) is 5.26 Å². The monoisotopic (exact) mass is 389 g/mol. The van der Waals surface area contributed by atoms with E-state index in [0.29, 0.717) is 0 Å². The molecule has 140 valence electrons. The van der Waals surface area contributed by atoms with Crippen LogP contribution in [0.25, 0.3) is 43.4 Å². The van der Waals surface area contributed by atoms with Gasteiger partial charge in [-0.3, -0.25) is 0 Å². The number of rotatable bonds is 1. The van der Waals surface area contributed by atoms with Crippen LogP contribution in [-0.2, 0) is 0 Å². The van der Waals surface area contributed by atoms with E-state index in [0.717, 1.165) is 10.9 Å². The quantitative estimate of drug-likeness (QED) is 0.288. The molecule has 1 heterocycles. The van der Waals surface area contributed by atoms with Crippen LogP contribution in [0.15, 0.2) is 97.1 Å². The summed E-state index contributed by atoms with van der Waals surface area (Å²) in [5.41, 5.74) is 7.48. The van der Waals surface area contributed by atoms with Crippen LogP contribution in [0.3, 0.4) is 0 Å². The number of benzene rings is 6. The van der Waals surface area contributed by atoms with Gasteiger partial charge in [-0.15, -0.1) is 0 Å². The Kier molecular flexibility index (Phi) is 3.21. The first kappa shape index (κ1) is 16.7. The maximum absolute atomic E-state index is 9.66. The Labute approximate surface area is 180 Å². The van der Waals surface area contributed by atoms with Crippen LogP contribution < -0.4 is 16.4 Å². The van der Waals surface area contributed by atoms with Crippen molar-refractivity contribution < 1.29 is 0 Å². The van der Waals surface area contributed by atoms with Gasteiger partial charge in [-0.25, -0.2) is 0 Å². The van der Waals surface area contributed by atoms with Gasteiger partial charge in [-0.2, -0.15) is 5.26 Å². The summed E-state index contributed by atoms with van der Waals surface area (Å²) in [7, 11) is 0. The van der Waals surface area contributed by atoms with Crippen LogP contribution >= 0.6 is 0 Å². The number of hydrogen-bond donors (Lipinski definition) is 0. The molecule has 0 bridgehead atoms. The topological polar surface area (TPSA) is 23.8 Å². The standard InChI is InChI=1S/C29H16BN/c31-17-20-11-10-18-12-15-24-28-19(13-14-22(20)27(18)28)16-26-29(24)23-8-4-5-9-25(23)30(26)21-6-2-1-3-7-21/h1-16H. The SMILES string of the molecule is N#Cc1ccc2ccc3c4c(cc5ccc1c2c53)B(c1ccccc1)c1ccccc1-4. The lowest BCUT2D eigenvalue weighted by atomic mass is 9.39. The molecule has 0 radical (unpaired) electrons. The molecule has 31 heavy (non-hydrogen) atoms. The molecule has 0 saturated heterocycles. The molecule has 0 N–H and O–H groups in total. The first-order chi connectivity index (χ1) is 15.3. The fourth-order valence-corrected chi connectivity index (χ4v) is 5.67. The maximum Gasteiger partial charge on any atom is 0.242 e. The van der Waals surface area contributed by atoms with Crippen molar-refractivity contribution in [2.75, 3.05) is 0 Å².